The summed E-state index contributed by atoms with van der Waals surface area (Å²) >= 11 is 0. The van der Waals surface area contributed by atoms with Gasteiger partial charge in [0.2, 0.25) is 5.88 Å². The largest absolute Gasteiger partial charge is 0.473 e. The van der Waals surface area contributed by atoms with Crippen LogP contribution in [0.3, 0.4) is 0 Å². The maximum atomic E-state index is 5.67. The SMILES string of the molecule is C=Cc1ccc(N)c(OC(C)C)n1. The van der Waals surface area contributed by atoms with E-state index in [2.05, 4.69) is 11.6 Å². The van der Waals surface area contributed by atoms with E-state index in [4.69, 9.17) is 10.5 Å². The molecule has 3 nitrogen and oxygen atoms in total. The fourth-order valence-electron chi connectivity index (χ4n) is 0.897. The van der Waals surface area contributed by atoms with Crippen LogP contribution < -0.4 is 10.5 Å². The highest BCUT2D eigenvalue weighted by Gasteiger charge is 2.04. The van der Waals surface area contributed by atoms with Crippen molar-refractivity contribution in [1.82, 2.24) is 4.98 Å². The van der Waals surface area contributed by atoms with Crippen LogP contribution in [-0.2, 0) is 0 Å². The zero-order chi connectivity index (χ0) is 9.84. The van der Waals surface area contributed by atoms with Crippen LogP contribution in [0.4, 0.5) is 5.69 Å². The van der Waals surface area contributed by atoms with Crippen molar-refractivity contribution in [2.24, 2.45) is 0 Å². The van der Waals surface area contributed by atoms with E-state index in [0.717, 1.165) is 5.69 Å². The van der Waals surface area contributed by atoms with Crippen LogP contribution in [0.25, 0.3) is 6.08 Å². The molecule has 3 heteroatoms. The quantitative estimate of drug-likeness (QED) is 0.771. The van der Waals surface area contributed by atoms with Gasteiger partial charge in [0.05, 0.1) is 17.5 Å². The van der Waals surface area contributed by atoms with Gasteiger partial charge in [-0.25, -0.2) is 4.98 Å². The molecule has 0 bridgehead atoms. The van der Waals surface area contributed by atoms with Gasteiger partial charge in [-0.1, -0.05) is 6.58 Å². The van der Waals surface area contributed by atoms with Gasteiger partial charge in [-0.15, -0.1) is 0 Å². The average Bonchev–Trinajstić information content (AvgIpc) is 2.08. The van der Waals surface area contributed by atoms with E-state index in [0.29, 0.717) is 11.6 Å². The molecule has 0 aliphatic carbocycles. The number of nitrogens with zero attached hydrogens (tertiary/aromatic N) is 1. The van der Waals surface area contributed by atoms with Crippen molar-refractivity contribution in [1.29, 1.82) is 0 Å². The summed E-state index contributed by atoms with van der Waals surface area (Å²) in [5.74, 6) is 0.479. The molecule has 0 saturated heterocycles. The lowest BCUT2D eigenvalue weighted by Crippen LogP contribution is -2.09. The van der Waals surface area contributed by atoms with E-state index in [1.54, 1.807) is 18.2 Å². The fraction of sp³-hybridized carbons (Fsp3) is 0.300. The molecule has 1 rings (SSSR count). The normalized spacial score (nSPS) is 10.1. The van der Waals surface area contributed by atoms with Gasteiger partial charge in [-0.3, -0.25) is 0 Å². The van der Waals surface area contributed by atoms with Gasteiger partial charge >= 0.3 is 0 Å². The summed E-state index contributed by atoms with van der Waals surface area (Å²) in [6.45, 7) is 7.49. The molecular formula is C10H14N2O. The number of hydrogen-bond donors (Lipinski definition) is 1. The Labute approximate surface area is 78.2 Å². The summed E-state index contributed by atoms with van der Waals surface area (Å²) < 4.78 is 5.40. The molecule has 13 heavy (non-hydrogen) atoms. The van der Waals surface area contributed by atoms with E-state index in [1.165, 1.54) is 0 Å². The van der Waals surface area contributed by atoms with Crippen LogP contribution >= 0.6 is 0 Å². The van der Waals surface area contributed by atoms with Crippen LogP contribution in [0.2, 0.25) is 0 Å². The fourth-order valence-corrected chi connectivity index (χ4v) is 0.897. The first-order chi connectivity index (χ1) is 6.13. The predicted octanol–water partition coefficient (Wildman–Crippen LogP) is 2.09. The molecule has 0 amide bonds. The second-order valence-corrected chi connectivity index (χ2v) is 3.00. The molecule has 0 aliphatic rings. The zero-order valence-corrected chi connectivity index (χ0v) is 7.95. The second-order valence-electron chi connectivity index (χ2n) is 3.00. The minimum absolute atomic E-state index is 0.0786. The lowest BCUT2D eigenvalue weighted by molar-refractivity contribution is 0.234. The maximum Gasteiger partial charge on any atom is 0.237 e. The number of aromatic nitrogens is 1. The van der Waals surface area contributed by atoms with Gasteiger partial charge in [0, 0.05) is 0 Å². The summed E-state index contributed by atoms with van der Waals surface area (Å²) in [6, 6.07) is 3.57. The van der Waals surface area contributed by atoms with Crippen molar-refractivity contribution in [3.05, 3.63) is 24.4 Å². The first kappa shape index (κ1) is 9.58. The third-order valence-corrected chi connectivity index (χ3v) is 1.47. The van der Waals surface area contributed by atoms with Crippen molar-refractivity contribution in [2.45, 2.75) is 20.0 Å². The Morgan fingerprint density at radius 3 is 2.77 bits per heavy atom. The zero-order valence-electron chi connectivity index (χ0n) is 7.95. The molecular weight excluding hydrogens is 164 g/mol. The van der Waals surface area contributed by atoms with Gasteiger partial charge < -0.3 is 10.5 Å². The molecule has 0 aliphatic heterocycles. The van der Waals surface area contributed by atoms with Crippen molar-refractivity contribution in [3.8, 4) is 5.88 Å². The average molecular weight is 178 g/mol. The highest BCUT2D eigenvalue weighted by Crippen LogP contribution is 2.19. The van der Waals surface area contributed by atoms with Crippen LogP contribution in [-0.4, -0.2) is 11.1 Å². The Balaban J connectivity index is 2.96. The smallest absolute Gasteiger partial charge is 0.237 e. The molecule has 0 unspecified atom stereocenters. The molecule has 1 aromatic heterocycles. The van der Waals surface area contributed by atoms with Crippen molar-refractivity contribution < 1.29 is 4.74 Å². The first-order valence-corrected chi connectivity index (χ1v) is 4.19. The number of nitrogens with two attached hydrogens (primary N) is 1. The Bertz CT molecular complexity index is 308. The molecule has 2 N–H and O–H groups in total. The molecule has 0 saturated carbocycles. The van der Waals surface area contributed by atoms with Crippen LogP contribution in [0.15, 0.2) is 18.7 Å². The minimum atomic E-state index is 0.0786. The summed E-state index contributed by atoms with van der Waals surface area (Å²) in [4.78, 5) is 4.17. The predicted molar refractivity (Wildman–Crippen MR) is 54.5 cm³/mol. The number of rotatable bonds is 3. The summed E-state index contributed by atoms with van der Waals surface area (Å²) in [7, 11) is 0. The third kappa shape index (κ3) is 2.47. The van der Waals surface area contributed by atoms with E-state index >= 15 is 0 Å². The van der Waals surface area contributed by atoms with Crippen molar-refractivity contribution in [3.63, 3.8) is 0 Å². The number of nitrogen functional groups attached to an aromatic ring is 1. The van der Waals surface area contributed by atoms with Crippen LogP contribution in [0.5, 0.6) is 5.88 Å². The van der Waals surface area contributed by atoms with Gasteiger partial charge in [0.15, 0.2) is 0 Å². The number of anilines is 1. The molecule has 0 spiro atoms. The van der Waals surface area contributed by atoms with E-state index in [1.807, 2.05) is 13.8 Å². The lowest BCUT2D eigenvalue weighted by Gasteiger charge is -2.10. The first-order valence-electron chi connectivity index (χ1n) is 4.19. The van der Waals surface area contributed by atoms with Gasteiger partial charge in [0.25, 0.3) is 0 Å². The Morgan fingerprint density at radius 2 is 2.23 bits per heavy atom. The Kier molecular flexibility index (Phi) is 2.90. The molecule has 70 valence electrons. The Morgan fingerprint density at radius 1 is 1.54 bits per heavy atom. The highest BCUT2D eigenvalue weighted by molar-refractivity contribution is 5.53. The van der Waals surface area contributed by atoms with Crippen LogP contribution in [0, 0.1) is 0 Å². The Hall–Kier alpha value is -1.51. The second kappa shape index (κ2) is 3.94. The monoisotopic (exact) mass is 178 g/mol. The van der Waals surface area contributed by atoms with Crippen LogP contribution in [0.1, 0.15) is 19.5 Å². The third-order valence-electron chi connectivity index (χ3n) is 1.47. The van der Waals surface area contributed by atoms with Gasteiger partial charge in [0.1, 0.15) is 0 Å². The van der Waals surface area contributed by atoms with Crippen molar-refractivity contribution in [2.75, 3.05) is 5.73 Å². The molecule has 1 aromatic rings. The van der Waals surface area contributed by atoms with E-state index in [-0.39, 0.29) is 6.10 Å². The minimum Gasteiger partial charge on any atom is -0.473 e. The molecule has 0 fully saturated rings. The maximum absolute atomic E-state index is 5.67. The van der Waals surface area contributed by atoms with Crippen molar-refractivity contribution >= 4 is 11.8 Å². The lowest BCUT2D eigenvalue weighted by atomic mass is 10.3. The summed E-state index contributed by atoms with van der Waals surface area (Å²) in [5, 5.41) is 0. The van der Waals surface area contributed by atoms with E-state index in [9.17, 15) is 0 Å². The number of ether oxygens (including phenoxy) is 1. The summed E-state index contributed by atoms with van der Waals surface area (Å²) in [5.41, 5.74) is 6.99. The molecule has 0 atom stereocenters. The topological polar surface area (TPSA) is 48.1 Å². The molecule has 0 radical (unpaired) electrons. The van der Waals surface area contributed by atoms with Gasteiger partial charge in [-0.05, 0) is 32.1 Å². The molecule has 0 aromatic carbocycles. The van der Waals surface area contributed by atoms with E-state index < -0.39 is 0 Å². The number of hydrogen-bond acceptors (Lipinski definition) is 3. The standard InChI is InChI=1S/C10H14N2O/c1-4-8-5-6-9(11)10(12-8)13-7(2)3/h4-7H,1,11H2,2-3H3. The highest BCUT2D eigenvalue weighted by atomic mass is 16.5. The number of pyridine rings is 1. The summed E-state index contributed by atoms with van der Waals surface area (Å²) in [6.07, 6.45) is 1.74. The van der Waals surface area contributed by atoms with Gasteiger partial charge in [-0.2, -0.15) is 0 Å². The molecule has 1 heterocycles.